The summed E-state index contributed by atoms with van der Waals surface area (Å²) in [5.41, 5.74) is 6.80. The molecule has 1 heterocycles. The number of nitrogens with zero attached hydrogens (tertiary/aromatic N) is 1. The van der Waals surface area contributed by atoms with Crippen molar-refractivity contribution in [3.8, 4) is 0 Å². The molecule has 2 unspecified atom stereocenters. The molecule has 3 N–H and O–H groups in total. The zero-order chi connectivity index (χ0) is 12.1. The molecule has 0 saturated carbocycles. The summed E-state index contributed by atoms with van der Waals surface area (Å²) in [5.74, 6) is 0.111. The van der Waals surface area contributed by atoms with Crippen molar-refractivity contribution < 1.29 is 4.79 Å². The van der Waals surface area contributed by atoms with E-state index in [9.17, 15) is 4.79 Å². The lowest BCUT2D eigenvalue weighted by molar-refractivity contribution is -0.123. The minimum absolute atomic E-state index is 0.0952. The number of nitrogens with two attached hydrogens (primary N) is 1. The maximum absolute atomic E-state index is 11.7. The van der Waals surface area contributed by atoms with Crippen molar-refractivity contribution in [2.45, 2.75) is 39.8 Å². The summed E-state index contributed by atoms with van der Waals surface area (Å²) in [4.78, 5) is 15.9. The van der Waals surface area contributed by atoms with Crippen molar-refractivity contribution in [3.05, 3.63) is 16.1 Å². The van der Waals surface area contributed by atoms with Crippen LogP contribution in [0.1, 0.15) is 31.0 Å². The van der Waals surface area contributed by atoms with E-state index in [0.29, 0.717) is 6.54 Å². The van der Waals surface area contributed by atoms with Gasteiger partial charge in [0, 0.05) is 11.1 Å². The molecular formula is C11H19N3OS. The molecule has 16 heavy (non-hydrogen) atoms. The Morgan fingerprint density at radius 1 is 1.69 bits per heavy atom. The molecule has 5 heteroatoms. The number of hydrogen-bond donors (Lipinski definition) is 2. The number of carbonyl (C=O) groups excluding carboxylic acids is 1. The Morgan fingerprint density at radius 2 is 2.38 bits per heavy atom. The first-order valence-electron chi connectivity index (χ1n) is 5.48. The smallest absolute Gasteiger partial charge is 0.237 e. The van der Waals surface area contributed by atoms with Crippen molar-refractivity contribution in [1.82, 2.24) is 10.3 Å². The van der Waals surface area contributed by atoms with Gasteiger partial charge in [0.1, 0.15) is 5.01 Å². The quantitative estimate of drug-likeness (QED) is 0.819. The van der Waals surface area contributed by atoms with Gasteiger partial charge in [0.05, 0.1) is 12.6 Å². The molecule has 2 atom stereocenters. The third-order valence-electron chi connectivity index (χ3n) is 2.64. The van der Waals surface area contributed by atoms with Crippen LogP contribution < -0.4 is 11.1 Å². The second-order valence-electron chi connectivity index (χ2n) is 4.01. The van der Waals surface area contributed by atoms with Crippen LogP contribution in [0.15, 0.2) is 5.38 Å². The Bertz CT molecular complexity index is 351. The molecule has 0 aromatic carbocycles. The van der Waals surface area contributed by atoms with E-state index in [1.165, 1.54) is 0 Å². The SMILES string of the molecule is CCC(C)C(N)C(=O)NCc1nc(C)cs1. The summed E-state index contributed by atoms with van der Waals surface area (Å²) in [5, 5.41) is 5.70. The normalized spacial score (nSPS) is 14.5. The Morgan fingerprint density at radius 3 is 2.88 bits per heavy atom. The van der Waals surface area contributed by atoms with Crippen molar-refractivity contribution in [2.24, 2.45) is 11.7 Å². The number of carbonyl (C=O) groups is 1. The van der Waals surface area contributed by atoms with Crippen LogP contribution >= 0.6 is 11.3 Å². The van der Waals surface area contributed by atoms with Crippen molar-refractivity contribution in [1.29, 1.82) is 0 Å². The first-order chi connectivity index (χ1) is 7.54. The Kier molecular flexibility index (Phi) is 4.89. The lowest BCUT2D eigenvalue weighted by Gasteiger charge is -2.17. The second-order valence-corrected chi connectivity index (χ2v) is 4.95. The summed E-state index contributed by atoms with van der Waals surface area (Å²) in [6, 6.07) is -0.425. The highest BCUT2D eigenvalue weighted by molar-refractivity contribution is 7.09. The molecular weight excluding hydrogens is 222 g/mol. The fourth-order valence-electron chi connectivity index (χ4n) is 1.28. The molecule has 0 fully saturated rings. The highest BCUT2D eigenvalue weighted by Gasteiger charge is 2.18. The average Bonchev–Trinajstić information content (AvgIpc) is 2.69. The molecule has 0 aliphatic carbocycles. The van der Waals surface area contributed by atoms with Gasteiger partial charge in [-0.05, 0) is 12.8 Å². The molecule has 0 saturated heterocycles. The van der Waals surface area contributed by atoms with E-state index in [1.807, 2.05) is 26.2 Å². The van der Waals surface area contributed by atoms with Crippen LogP contribution in [-0.2, 0) is 11.3 Å². The number of aromatic nitrogens is 1. The second kappa shape index (κ2) is 5.96. The molecule has 90 valence electrons. The van der Waals surface area contributed by atoms with Crippen LogP contribution in [0, 0.1) is 12.8 Å². The lowest BCUT2D eigenvalue weighted by atomic mass is 9.99. The van der Waals surface area contributed by atoms with Crippen LogP contribution in [0.3, 0.4) is 0 Å². The molecule has 0 spiro atoms. The van der Waals surface area contributed by atoms with E-state index < -0.39 is 6.04 Å². The molecule has 1 amide bonds. The van der Waals surface area contributed by atoms with Gasteiger partial charge >= 0.3 is 0 Å². The first kappa shape index (κ1) is 13.1. The molecule has 0 aliphatic heterocycles. The fourth-order valence-corrected chi connectivity index (χ4v) is 1.99. The van der Waals surface area contributed by atoms with Gasteiger partial charge in [-0.3, -0.25) is 4.79 Å². The van der Waals surface area contributed by atoms with E-state index in [-0.39, 0.29) is 11.8 Å². The zero-order valence-corrected chi connectivity index (χ0v) is 10.8. The predicted octanol–water partition coefficient (Wildman–Crippen LogP) is 1.44. The number of nitrogens with one attached hydrogen (secondary N) is 1. The average molecular weight is 241 g/mol. The Labute approximate surface area is 100 Å². The summed E-state index contributed by atoms with van der Waals surface area (Å²) in [7, 11) is 0. The van der Waals surface area contributed by atoms with Gasteiger partial charge in [0.25, 0.3) is 0 Å². The maximum atomic E-state index is 11.7. The molecule has 0 radical (unpaired) electrons. The third kappa shape index (κ3) is 3.57. The van der Waals surface area contributed by atoms with Gasteiger partial charge in [-0.2, -0.15) is 0 Å². The largest absolute Gasteiger partial charge is 0.348 e. The summed E-state index contributed by atoms with van der Waals surface area (Å²) >= 11 is 1.55. The van der Waals surface area contributed by atoms with Crippen molar-refractivity contribution >= 4 is 17.2 Å². The lowest BCUT2D eigenvalue weighted by Crippen LogP contribution is -2.44. The summed E-state index contributed by atoms with van der Waals surface area (Å²) in [6.45, 7) is 6.42. The molecule has 4 nitrogen and oxygen atoms in total. The molecule has 0 aliphatic rings. The Balaban J connectivity index is 2.40. The number of aryl methyl sites for hydroxylation is 1. The number of rotatable bonds is 5. The van der Waals surface area contributed by atoms with Gasteiger partial charge in [0.2, 0.25) is 5.91 Å². The topological polar surface area (TPSA) is 68.0 Å². The van der Waals surface area contributed by atoms with Gasteiger partial charge in [-0.25, -0.2) is 4.98 Å². The highest BCUT2D eigenvalue weighted by Crippen LogP contribution is 2.09. The monoisotopic (exact) mass is 241 g/mol. The number of hydrogen-bond acceptors (Lipinski definition) is 4. The summed E-state index contributed by atoms with van der Waals surface area (Å²) in [6.07, 6.45) is 0.908. The van der Waals surface area contributed by atoms with E-state index in [2.05, 4.69) is 10.3 Å². The minimum atomic E-state index is -0.425. The van der Waals surface area contributed by atoms with E-state index in [0.717, 1.165) is 17.1 Å². The maximum Gasteiger partial charge on any atom is 0.237 e. The molecule has 0 bridgehead atoms. The van der Waals surface area contributed by atoms with Crippen molar-refractivity contribution in [2.75, 3.05) is 0 Å². The summed E-state index contributed by atoms with van der Waals surface area (Å²) < 4.78 is 0. The van der Waals surface area contributed by atoms with Gasteiger partial charge in [-0.1, -0.05) is 20.3 Å². The number of amides is 1. The molecule has 1 rings (SSSR count). The zero-order valence-electron chi connectivity index (χ0n) is 9.99. The van der Waals surface area contributed by atoms with Crippen LogP contribution in [0.4, 0.5) is 0 Å². The van der Waals surface area contributed by atoms with Crippen LogP contribution in [0.5, 0.6) is 0 Å². The number of thiazole rings is 1. The van der Waals surface area contributed by atoms with Crippen LogP contribution in [-0.4, -0.2) is 16.9 Å². The van der Waals surface area contributed by atoms with E-state index in [4.69, 9.17) is 5.73 Å². The standard InChI is InChI=1S/C11H19N3OS/c1-4-7(2)10(12)11(15)13-5-9-14-8(3)6-16-9/h6-7,10H,4-5,12H2,1-3H3,(H,13,15). The van der Waals surface area contributed by atoms with Crippen LogP contribution in [0.2, 0.25) is 0 Å². The van der Waals surface area contributed by atoms with E-state index in [1.54, 1.807) is 11.3 Å². The van der Waals surface area contributed by atoms with Crippen molar-refractivity contribution in [3.63, 3.8) is 0 Å². The fraction of sp³-hybridized carbons (Fsp3) is 0.636. The van der Waals surface area contributed by atoms with Gasteiger partial charge in [0.15, 0.2) is 0 Å². The molecule has 1 aromatic heterocycles. The van der Waals surface area contributed by atoms with E-state index >= 15 is 0 Å². The Hall–Kier alpha value is -0.940. The van der Waals surface area contributed by atoms with Crippen LogP contribution in [0.25, 0.3) is 0 Å². The first-order valence-corrected chi connectivity index (χ1v) is 6.36. The van der Waals surface area contributed by atoms with Gasteiger partial charge in [-0.15, -0.1) is 11.3 Å². The molecule has 1 aromatic rings. The predicted molar refractivity (Wildman–Crippen MR) is 66.1 cm³/mol. The van der Waals surface area contributed by atoms with Gasteiger partial charge < -0.3 is 11.1 Å². The third-order valence-corrected chi connectivity index (χ3v) is 3.61. The minimum Gasteiger partial charge on any atom is -0.348 e. The highest BCUT2D eigenvalue weighted by atomic mass is 32.1.